The molecule has 1 aliphatic rings. The molecule has 0 N–H and O–H groups in total. The molecule has 2 nitrogen and oxygen atoms in total. The predicted molar refractivity (Wildman–Crippen MR) is 42.3 cm³/mol. The van der Waals surface area contributed by atoms with Gasteiger partial charge in [-0.2, -0.15) is 0 Å². The Hall–Kier alpha value is -0.530. The van der Waals surface area contributed by atoms with Crippen LogP contribution in [0.5, 0.6) is 0 Å². The highest BCUT2D eigenvalue weighted by molar-refractivity contribution is 5.74. The first-order valence-electron chi connectivity index (χ1n) is 3.91. The summed E-state index contributed by atoms with van der Waals surface area (Å²) >= 11 is 0. The van der Waals surface area contributed by atoms with Crippen LogP contribution in [0.2, 0.25) is 0 Å². The largest absolute Gasteiger partial charge is 0.479 e. The molecule has 0 fully saturated rings. The number of nitrogens with zero attached hydrogens (tertiary/aromatic N) is 1. The van der Waals surface area contributed by atoms with E-state index in [1.165, 1.54) is 6.42 Å². The van der Waals surface area contributed by atoms with E-state index < -0.39 is 0 Å². The molecule has 10 heavy (non-hydrogen) atoms. The van der Waals surface area contributed by atoms with Gasteiger partial charge in [0, 0.05) is 6.92 Å². The molecule has 58 valence electrons. The quantitative estimate of drug-likeness (QED) is 0.575. The SMILES string of the molecule is CC[C@H](C)[C@H]1COC(C)=N1. The lowest BCUT2D eigenvalue weighted by molar-refractivity contribution is 0.280. The van der Waals surface area contributed by atoms with Gasteiger partial charge in [-0.1, -0.05) is 20.3 Å². The Labute approximate surface area is 62.3 Å². The molecule has 0 amide bonds. The van der Waals surface area contributed by atoms with E-state index in [1.54, 1.807) is 0 Å². The average Bonchev–Trinajstić information content (AvgIpc) is 2.34. The van der Waals surface area contributed by atoms with Gasteiger partial charge >= 0.3 is 0 Å². The van der Waals surface area contributed by atoms with Crippen LogP contribution in [0.4, 0.5) is 0 Å². The van der Waals surface area contributed by atoms with E-state index in [4.69, 9.17) is 4.74 Å². The van der Waals surface area contributed by atoms with E-state index in [0.29, 0.717) is 12.0 Å². The van der Waals surface area contributed by atoms with Gasteiger partial charge in [0.25, 0.3) is 0 Å². The first-order valence-corrected chi connectivity index (χ1v) is 3.91. The summed E-state index contributed by atoms with van der Waals surface area (Å²) in [6.07, 6.45) is 1.19. The van der Waals surface area contributed by atoms with Crippen molar-refractivity contribution in [3.63, 3.8) is 0 Å². The predicted octanol–water partition coefficient (Wildman–Crippen LogP) is 1.85. The molecule has 0 spiro atoms. The Morgan fingerprint density at radius 3 is 2.90 bits per heavy atom. The molecule has 1 rings (SSSR count). The number of hydrogen-bond acceptors (Lipinski definition) is 2. The second-order valence-electron chi connectivity index (χ2n) is 2.91. The molecular formula is C8H15NO. The van der Waals surface area contributed by atoms with Crippen LogP contribution in [-0.4, -0.2) is 18.5 Å². The van der Waals surface area contributed by atoms with Crippen molar-refractivity contribution in [3.05, 3.63) is 0 Å². The molecule has 0 unspecified atom stereocenters. The molecule has 0 saturated carbocycles. The second kappa shape index (κ2) is 3.04. The number of ether oxygens (including phenoxy) is 1. The third-order valence-corrected chi connectivity index (χ3v) is 2.11. The fraction of sp³-hybridized carbons (Fsp3) is 0.875. The van der Waals surface area contributed by atoms with E-state index in [1.807, 2.05) is 6.92 Å². The summed E-state index contributed by atoms with van der Waals surface area (Å²) in [5.74, 6) is 1.52. The highest BCUT2D eigenvalue weighted by atomic mass is 16.5. The van der Waals surface area contributed by atoms with Gasteiger partial charge in [0.2, 0.25) is 0 Å². The van der Waals surface area contributed by atoms with Crippen molar-refractivity contribution in [2.45, 2.75) is 33.2 Å². The maximum absolute atomic E-state index is 5.24. The van der Waals surface area contributed by atoms with Crippen molar-refractivity contribution >= 4 is 5.90 Å². The first-order chi connectivity index (χ1) is 4.74. The Bertz CT molecular complexity index is 142. The van der Waals surface area contributed by atoms with Crippen LogP contribution in [0.15, 0.2) is 4.99 Å². The maximum Gasteiger partial charge on any atom is 0.180 e. The lowest BCUT2D eigenvalue weighted by Crippen LogP contribution is -2.15. The zero-order valence-electron chi connectivity index (χ0n) is 6.92. The van der Waals surface area contributed by atoms with Crippen molar-refractivity contribution in [1.82, 2.24) is 0 Å². The van der Waals surface area contributed by atoms with Gasteiger partial charge in [0.05, 0.1) is 6.04 Å². The summed E-state index contributed by atoms with van der Waals surface area (Å²) in [5, 5.41) is 0. The second-order valence-corrected chi connectivity index (χ2v) is 2.91. The molecule has 1 heterocycles. The van der Waals surface area contributed by atoms with Crippen LogP contribution < -0.4 is 0 Å². The van der Waals surface area contributed by atoms with Gasteiger partial charge < -0.3 is 4.74 Å². The van der Waals surface area contributed by atoms with Gasteiger partial charge in [-0.15, -0.1) is 0 Å². The lowest BCUT2D eigenvalue weighted by atomic mass is 10.0. The van der Waals surface area contributed by atoms with Gasteiger partial charge in [0.15, 0.2) is 5.90 Å². The maximum atomic E-state index is 5.24. The van der Waals surface area contributed by atoms with Crippen LogP contribution in [-0.2, 0) is 4.74 Å². The van der Waals surface area contributed by atoms with E-state index in [0.717, 1.165) is 12.5 Å². The summed E-state index contributed by atoms with van der Waals surface area (Å²) < 4.78 is 5.24. The molecule has 0 aromatic rings. The minimum Gasteiger partial charge on any atom is -0.479 e. The lowest BCUT2D eigenvalue weighted by Gasteiger charge is -2.11. The molecule has 2 heteroatoms. The molecule has 0 bridgehead atoms. The molecule has 2 atom stereocenters. The molecule has 1 aliphatic heterocycles. The van der Waals surface area contributed by atoms with Crippen molar-refractivity contribution in [3.8, 4) is 0 Å². The van der Waals surface area contributed by atoms with Crippen molar-refractivity contribution in [2.75, 3.05) is 6.61 Å². The Morgan fingerprint density at radius 2 is 2.50 bits per heavy atom. The van der Waals surface area contributed by atoms with Crippen LogP contribution in [0.25, 0.3) is 0 Å². The van der Waals surface area contributed by atoms with Gasteiger partial charge in [-0.05, 0) is 5.92 Å². The molecule has 0 radical (unpaired) electrons. The Morgan fingerprint density at radius 1 is 1.80 bits per heavy atom. The summed E-state index contributed by atoms with van der Waals surface area (Å²) in [6, 6.07) is 0.421. The zero-order chi connectivity index (χ0) is 7.56. The molecule has 0 aromatic carbocycles. The Kier molecular flexibility index (Phi) is 2.30. The van der Waals surface area contributed by atoms with E-state index in [2.05, 4.69) is 18.8 Å². The molecule has 0 aliphatic carbocycles. The molecular weight excluding hydrogens is 126 g/mol. The topological polar surface area (TPSA) is 21.6 Å². The minimum atomic E-state index is 0.421. The molecule has 0 saturated heterocycles. The van der Waals surface area contributed by atoms with E-state index in [9.17, 15) is 0 Å². The van der Waals surface area contributed by atoms with Gasteiger partial charge in [0.1, 0.15) is 6.61 Å². The van der Waals surface area contributed by atoms with Crippen LogP contribution in [0.3, 0.4) is 0 Å². The fourth-order valence-corrected chi connectivity index (χ4v) is 1.08. The standard InChI is InChI=1S/C8H15NO/c1-4-6(2)8-5-10-7(3)9-8/h6,8H,4-5H2,1-3H3/t6-,8+/m0/s1. The average molecular weight is 141 g/mol. The van der Waals surface area contributed by atoms with Crippen molar-refractivity contribution in [2.24, 2.45) is 10.9 Å². The van der Waals surface area contributed by atoms with Gasteiger partial charge in [-0.3, -0.25) is 0 Å². The Balaban J connectivity index is 2.44. The first kappa shape index (κ1) is 7.58. The van der Waals surface area contributed by atoms with Crippen molar-refractivity contribution in [1.29, 1.82) is 0 Å². The fourth-order valence-electron chi connectivity index (χ4n) is 1.08. The number of hydrogen-bond donors (Lipinski definition) is 0. The molecule has 0 aromatic heterocycles. The normalized spacial score (nSPS) is 27.5. The highest BCUT2D eigenvalue weighted by Gasteiger charge is 2.20. The number of aliphatic imine (C=N–C) groups is 1. The summed E-state index contributed by atoms with van der Waals surface area (Å²) in [5.41, 5.74) is 0. The minimum absolute atomic E-state index is 0.421. The summed E-state index contributed by atoms with van der Waals surface area (Å²) in [7, 11) is 0. The van der Waals surface area contributed by atoms with Crippen LogP contribution >= 0.6 is 0 Å². The summed E-state index contributed by atoms with van der Waals surface area (Å²) in [4.78, 5) is 4.35. The van der Waals surface area contributed by atoms with Crippen LogP contribution in [0.1, 0.15) is 27.2 Å². The highest BCUT2D eigenvalue weighted by Crippen LogP contribution is 2.16. The monoisotopic (exact) mass is 141 g/mol. The third-order valence-electron chi connectivity index (χ3n) is 2.11. The van der Waals surface area contributed by atoms with Crippen molar-refractivity contribution < 1.29 is 4.74 Å². The van der Waals surface area contributed by atoms with Gasteiger partial charge in [-0.25, -0.2) is 4.99 Å². The smallest absolute Gasteiger partial charge is 0.180 e. The van der Waals surface area contributed by atoms with E-state index >= 15 is 0 Å². The third kappa shape index (κ3) is 1.49. The van der Waals surface area contributed by atoms with E-state index in [-0.39, 0.29) is 0 Å². The number of rotatable bonds is 2. The summed E-state index contributed by atoms with van der Waals surface area (Å²) in [6.45, 7) is 7.12. The zero-order valence-corrected chi connectivity index (χ0v) is 6.92. The van der Waals surface area contributed by atoms with Crippen LogP contribution in [0, 0.1) is 5.92 Å².